The first-order valence-corrected chi connectivity index (χ1v) is 7.12. The highest BCUT2D eigenvalue weighted by Crippen LogP contribution is 2.33. The number of anilines is 1. The maximum Gasteiger partial charge on any atom is 0.291 e. The molecule has 2 N–H and O–H groups in total. The van der Waals surface area contributed by atoms with Crippen molar-refractivity contribution in [3.05, 3.63) is 26.3 Å². The lowest BCUT2D eigenvalue weighted by Gasteiger charge is -2.36. The summed E-state index contributed by atoms with van der Waals surface area (Å²) < 4.78 is 6.26. The summed E-state index contributed by atoms with van der Waals surface area (Å²) in [5.74, 6) is 0.696. The Morgan fingerprint density at radius 3 is 3.00 bits per heavy atom. The van der Waals surface area contributed by atoms with Crippen molar-refractivity contribution in [1.82, 2.24) is 4.98 Å². The molecule has 0 aliphatic carbocycles. The van der Waals surface area contributed by atoms with Crippen LogP contribution in [0.3, 0.4) is 0 Å². The Morgan fingerprint density at radius 2 is 2.40 bits per heavy atom. The summed E-state index contributed by atoms with van der Waals surface area (Å²) in [6.07, 6.45) is 1.24. The van der Waals surface area contributed by atoms with Crippen molar-refractivity contribution in [2.24, 2.45) is 5.73 Å². The van der Waals surface area contributed by atoms with Gasteiger partial charge in [-0.15, -0.1) is 0 Å². The third kappa shape index (κ3) is 2.92. The van der Waals surface area contributed by atoms with Crippen LogP contribution in [0.5, 0.6) is 0 Å². The zero-order valence-electron chi connectivity index (χ0n) is 11.4. The maximum atomic E-state index is 10.9. The zero-order chi connectivity index (χ0) is 14.9. The summed E-state index contributed by atoms with van der Waals surface area (Å²) >= 11 is 3.41. The minimum atomic E-state index is -0.430. The van der Waals surface area contributed by atoms with E-state index in [4.69, 9.17) is 10.5 Å². The van der Waals surface area contributed by atoms with Gasteiger partial charge in [-0.3, -0.25) is 10.1 Å². The molecule has 7 nitrogen and oxygen atoms in total. The minimum absolute atomic E-state index is 0.0117. The highest BCUT2D eigenvalue weighted by molar-refractivity contribution is 9.10. The van der Waals surface area contributed by atoms with Gasteiger partial charge in [0, 0.05) is 24.7 Å². The fourth-order valence-electron chi connectivity index (χ4n) is 2.15. The predicted octanol–water partition coefficient (Wildman–Crippen LogP) is 1.61. The summed E-state index contributed by atoms with van der Waals surface area (Å²) in [5.41, 5.74) is 6.45. The molecule has 2 rings (SSSR count). The summed E-state index contributed by atoms with van der Waals surface area (Å²) in [7, 11) is 0. The van der Waals surface area contributed by atoms with Gasteiger partial charge < -0.3 is 15.4 Å². The van der Waals surface area contributed by atoms with E-state index in [2.05, 4.69) is 20.9 Å². The largest absolute Gasteiger partial charge is 0.373 e. The molecule has 2 atom stereocenters. The molecule has 0 saturated carbocycles. The predicted molar refractivity (Wildman–Crippen MR) is 78.9 cm³/mol. The average molecular weight is 345 g/mol. The molecule has 20 heavy (non-hydrogen) atoms. The first-order chi connectivity index (χ1) is 9.41. The number of hydrogen-bond acceptors (Lipinski definition) is 6. The van der Waals surface area contributed by atoms with Crippen LogP contribution in [0.25, 0.3) is 0 Å². The number of pyridine rings is 1. The summed E-state index contributed by atoms with van der Waals surface area (Å²) in [6.45, 7) is 5.48. The molecule has 0 bridgehead atoms. The lowest BCUT2D eigenvalue weighted by molar-refractivity contribution is -0.385. The number of hydrogen-bond donors (Lipinski definition) is 1. The van der Waals surface area contributed by atoms with Gasteiger partial charge in [-0.2, -0.15) is 0 Å². The molecule has 2 unspecified atom stereocenters. The van der Waals surface area contributed by atoms with E-state index >= 15 is 0 Å². The Bertz CT molecular complexity index is 524. The highest BCUT2D eigenvalue weighted by atomic mass is 79.9. The number of aromatic nitrogens is 1. The van der Waals surface area contributed by atoms with Gasteiger partial charge in [0.05, 0.1) is 22.1 Å². The molecule has 110 valence electrons. The quantitative estimate of drug-likeness (QED) is 0.661. The minimum Gasteiger partial charge on any atom is -0.373 e. The van der Waals surface area contributed by atoms with Gasteiger partial charge in [-0.25, -0.2) is 4.98 Å². The zero-order valence-corrected chi connectivity index (χ0v) is 13.0. The third-order valence-electron chi connectivity index (χ3n) is 3.40. The molecule has 0 amide bonds. The van der Waals surface area contributed by atoms with E-state index in [0.29, 0.717) is 35.6 Å². The molecule has 1 aliphatic heterocycles. The average Bonchev–Trinajstić information content (AvgIpc) is 2.41. The van der Waals surface area contributed by atoms with Gasteiger partial charge in [-0.1, -0.05) is 0 Å². The normalized spacial score (nSPS) is 20.8. The Hall–Kier alpha value is -1.25. The standard InChI is InChI=1S/C12H17BrN4O3/c1-7-9(17(18)19)5-15-12(11(7)13)16-3-4-20-10(6-16)8(2)14/h5,8,10H,3-4,6,14H2,1-2H3. The van der Waals surface area contributed by atoms with E-state index in [1.54, 1.807) is 6.92 Å². The van der Waals surface area contributed by atoms with Crippen LogP contribution in [-0.4, -0.2) is 41.7 Å². The van der Waals surface area contributed by atoms with E-state index < -0.39 is 4.92 Å². The van der Waals surface area contributed by atoms with Crippen molar-refractivity contribution >= 4 is 27.4 Å². The number of halogens is 1. The van der Waals surface area contributed by atoms with Crippen LogP contribution in [0.4, 0.5) is 11.5 Å². The van der Waals surface area contributed by atoms with E-state index in [-0.39, 0.29) is 17.8 Å². The lowest BCUT2D eigenvalue weighted by Crippen LogP contribution is -2.50. The maximum absolute atomic E-state index is 10.9. The van der Waals surface area contributed by atoms with Crippen LogP contribution in [0.15, 0.2) is 10.7 Å². The van der Waals surface area contributed by atoms with Crippen LogP contribution in [0.1, 0.15) is 12.5 Å². The van der Waals surface area contributed by atoms with Gasteiger partial charge >= 0.3 is 0 Å². The van der Waals surface area contributed by atoms with Gasteiger partial charge in [0.15, 0.2) is 0 Å². The molecule has 1 aromatic heterocycles. The second kappa shape index (κ2) is 6.02. The van der Waals surface area contributed by atoms with Crippen molar-refractivity contribution in [2.75, 3.05) is 24.6 Å². The van der Waals surface area contributed by atoms with Crippen molar-refractivity contribution < 1.29 is 9.66 Å². The van der Waals surface area contributed by atoms with Crippen molar-refractivity contribution in [1.29, 1.82) is 0 Å². The van der Waals surface area contributed by atoms with Gasteiger partial charge in [0.25, 0.3) is 5.69 Å². The monoisotopic (exact) mass is 344 g/mol. The van der Waals surface area contributed by atoms with Crippen LogP contribution in [-0.2, 0) is 4.74 Å². The van der Waals surface area contributed by atoms with Gasteiger partial charge in [0.2, 0.25) is 0 Å². The summed E-state index contributed by atoms with van der Waals surface area (Å²) in [5, 5.41) is 10.9. The molecular formula is C12H17BrN4O3. The molecular weight excluding hydrogens is 328 g/mol. The number of morpholine rings is 1. The van der Waals surface area contributed by atoms with Crippen molar-refractivity contribution in [3.63, 3.8) is 0 Å². The molecule has 0 aromatic carbocycles. The third-order valence-corrected chi connectivity index (χ3v) is 4.34. The number of nitrogens with zero attached hydrogens (tertiary/aromatic N) is 3. The van der Waals surface area contributed by atoms with Crippen molar-refractivity contribution in [2.45, 2.75) is 26.0 Å². The van der Waals surface area contributed by atoms with Crippen LogP contribution < -0.4 is 10.6 Å². The molecule has 1 aliphatic rings. The fraction of sp³-hybridized carbons (Fsp3) is 0.583. The number of ether oxygens (including phenoxy) is 1. The molecule has 1 saturated heterocycles. The fourth-order valence-corrected chi connectivity index (χ4v) is 2.70. The van der Waals surface area contributed by atoms with Crippen LogP contribution >= 0.6 is 15.9 Å². The molecule has 2 heterocycles. The number of nitrogens with two attached hydrogens (primary N) is 1. The van der Waals surface area contributed by atoms with Crippen LogP contribution in [0.2, 0.25) is 0 Å². The van der Waals surface area contributed by atoms with Gasteiger partial charge in [0.1, 0.15) is 12.0 Å². The first-order valence-electron chi connectivity index (χ1n) is 6.33. The van der Waals surface area contributed by atoms with Gasteiger partial charge in [-0.05, 0) is 29.8 Å². The SMILES string of the molecule is Cc1c([N+](=O)[O-])cnc(N2CCOC(C(C)N)C2)c1Br. The highest BCUT2D eigenvalue weighted by Gasteiger charge is 2.27. The Balaban J connectivity index is 2.29. The molecule has 0 radical (unpaired) electrons. The second-order valence-electron chi connectivity index (χ2n) is 4.88. The van der Waals surface area contributed by atoms with E-state index in [0.717, 1.165) is 0 Å². The molecule has 1 aromatic rings. The topological polar surface area (TPSA) is 94.5 Å². The van der Waals surface area contributed by atoms with Crippen LogP contribution in [0, 0.1) is 17.0 Å². The van der Waals surface area contributed by atoms with E-state index in [1.807, 2.05) is 11.8 Å². The lowest BCUT2D eigenvalue weighted by atomic mass is 10.1. The summed E-state index contributed by atoms with van der Waals surface area (Å²) in [4.78, 5) is 16.7. The summed E-state index contributed by atoms with van der Waals surface area (Å²) in [6, 6.07) is -0.0734. The molecule has 0 spiro atoms. The van der Waals surface area contributed by atoms with E-state index in [1.165, 1.54) is 6.20 Å². The Labute approximate surface area is 125 Å². The Morgan fingerprint density at radius 1 is 1.70 bits per heavy atom. The number of rotatable bonds is 3. The number of nitro groups is 1. The molecule has 1 fully saturated rings. The molecule has 8 heteroatoms. The Kier molecular flexibility index (Phi) is 4.56. The van der Waals surface area contributed by atoms with E-state index in [9.17, 15) is 10.1 Å². The second-order valence-corrected chi connectivity index (χ2v) is 5.67. The smallest absolute Gasteiger partial charge is 0.291 e. The first kappa shape index (κ1) is 15.1. The van der Waals surface area contributed by atoms with Crippen molar-refractivity contribution in [3.8, 4) is 0 Å².